The van der Waals surface area contributed by atoms with Crippen LogP contribution >= 0.6 is 0 Å². The number of fused-ring (bicyclic) bond motifs is 2. The van der Waals surface area contributed by atoms with Crippen LogP contribution < -0.4 is 0 Å². The number of carbonyl (C=O) groups is 1. The third-order valence-electron chi connectivity index (χ3n) is 6.57. The number of hydrogen-bond donors (Lipinski definition) is 0. The van der Waals surface area contributed by atoms with Crippen LogP contribution in [0.2, 0.25) is 0 Å². The number of hydrogen-bond acceptors (Lipinski definition) is 3. The van der Waals surface area contributed by atoms with Crippen LogP contribution in [0.25, 0.3) is 5.57 Å². The molecule has 1 aromatic rings. The van der Waals surface area contributed by atoms with Crippen LogP contribution in [0.4, 0.5) is 0 Å². The molecule has 3 rings (SSSR count). The first kappa shape index (κ1) is 15.8. The minimum absolute atomic E-state index is 0.0288. The lowest BCUT2D eigenvalue weighted by atomic mass is 9.70. The van der Waals surface area contributed by atoms with E-state index in [0.717, 1.165) is 12.8 Å². The molecule has 3 atom stereocenters. The van der Waals surface area contributed by atoms with Crippen molar-refractivity contribution in [3.05, 3.63) is 42.0 Å². The number of esters is 1. The lowest BCUT2D eigenvalue weighted by molar-refractivity contribution is -0.149. The third kappa shape index (κ3) is 2.28. The Morgan fingerprint density at radius 1 is 1.30 bits per heavy atom. The highest BCUT2D eigenvalue weighted by Gasteiger charge is 2.62. The van der Waals surface area contributed by atoms with Crippen LogP contribution in [0.3, 0.4) is 0 Å². The van der Waals surface area contributed by atoms with Crippen molar-refractivity contribution < 1.29 is 9.53 Å². The summed E-state index contributed by atoms with van der Waals surface area (Å²) in [4.78, 5) is 12.5. The zero-order valence-corrected chi connectivity index (χ0v) is 14.1. The van der Waals surface area contributed by atoms with Crippen molar-refractivity contribution in [2.45, 2.75) is 46.1 Å². The van der Waals surface area contributed by atoms with Gasteiger partial charge < -0.3 is 4.74 Å². The van der Waals surface area contributed by atoms with Crippen molar-refractivity contribution >= 4 is 11.5 Å². The van der Waals surface area contributed by atoms with E-state index in [1.807, 2.05) is 0 Å². The second-order valence-corrected chi connectivity index (χ2v) is 7.67. The Balaban J connectivity index is 1.73. The Kier molecular flexibility index (Phi) is 3.59. The molecule has 0 saturated heterocycles. The molecule has 3 nitrogen and oxygen atoms in total. The van der Waals surface area contributed by atoms with Gasteiger partial charge in [0.25, 0.3) is 0 Å². The van der Waals surface area contributed by atoms with Crippen LogP contribution in [-0.2, 0) is 9.53 Å². The lowest BCUT2D eigenvalue weighted by Gasteiger charge is -2.38. The quantitative estimate of drug-likeness (QED) is 0.617. The molecule has 2 aliphatic rings. The van der Waals surface area contributed by atoms with Gasteiger partial charge in [0.2, 0.25) is 0 Å². The number of nitriles is 1. The van der Waals surface area contributed by atoms with Gasteiger partial charge in [-0.05, 0) is 48.3 Å². The highest BCUT2D eigenvalue weighted by molar-refractivity contribution is 6.15. The van der Waals surface area contributed by atoms with Crippen molar-refractivity contribution in [2.24, 2.45) is 16.7 Å². The van der Waals surface area contributed by atoms with E-state index in [1.54, 1.807) is 24.3 Å². The molecular weight excluding hydrogens is 286 g/mol. The van der Waals surface area contributed by atoms with Gasteiger partial charge in [0, 0.05) is 5.41 Å². The number of rotatable bonds is 3. The third-order valence-corrected chi connectivity index (χ3v) is 6.57. The molecule has 2 aliphatic carbocycles. The Morgan fingerprint density at radius 3 is 2.43 bits per heavy atom. The first-order chi connectivity index (χ1) is 10.8. The highest BCUT2D eigenvalue weighted by atomic mass is 16.5. The van der Waals surface area contributed by atoms with E-state index in [0.29, 0.717) is 22.6 Å². The number of nitrogens with zero attached hydrogens (tertiary/aromatic N) is 1. The summed E-state index contributed by atoms with van der Waals surface area (Å²) >= 11 is 0. The average Bonchev–Trinajstić information content (AvgIpc) is 2.87. The summed E-state index contributed by atoms with van der Waals surface area (Å²) < 4.78 is 5.85. The van der Waals surface area contributed by atoms with Crippen molar-refractivity contribution in [3.63, 3.8) is 0 Å². The van der Waals surface area contributed by atoms with E-state index in [9.17, 15) is 4.79 Å². The van der Waals surface area contributed by atoms with Gasteiger partial charge in [0.05, 0.1) is 17.2 Å². The number of carbonyl (C=O) groups excluding carboxylic acids is 1. The van der Waals surface area contributed by atoms with Gasteiger partial charge in [-0.1, -0.05) is 39.5 Å². The summed E-state index contributed by atoms with van der Waals surface area (Å²) in [6.07, 6.45) is 3.27. The Hall–Kier alpha value is -2.08. The zero-order valence-electron chi connectivity index (χ0n) is 14.1. The molecule has 23 heavy (non-hydrogen) atoms. The first-order valence-corrected chi connectivity index (χ1v) is 8.20. The Bertz CT molecular complexity index is 695. The molecule has 0 aromatic heterocycles. The highest BCUT2D eigenvalue weighted by Crippen LogP contribution is 2.66. The smallest absolute Gasteiger partial charge is 0.338 e. The van der Waals surface area contributed by atoms with E-state index in [4.69, 9.17) is 10.00 Å². The van der Waals surface area contributed by atoms with Crippen molar-refractivity contribution in [2.75, 3.05) is 0 Å². The van der Waals surface area contributed by atoms with Gasteiger partial charge in [0.1, 0.15) is 6.10 Å². The largest absolute Gasteiger partial charge is 0.458 e. The molecule has 0 spiro atoms. The van der Waals surface area contributed by atoms with E-state index < -0.39 is 0 Å². The normalized spacial score (nSPS) is 30.7. The maximum atomic E-state index is 12.5. The molecule has 2 fully saturated rings. The van der Waals surface area contributed by atoms with E-state index >= 15 is 0 Å². The number of ether oxygens (including phenoxy) is 1. The predicted octanol–water partition coefficient (Wildman–Crippen LogP) is 4.33. The summed E-state index contributed by atoms with van der Waals surface area (Å²) in [5.74, 6) is 0.290. The van der Waals surface area contributed by atoms with E-state index in [1.165, 1.54) is 6.42 Å². The fourth-order valence-electron chi connectivity index (χ4n) is 4.37. The molecule has 0 heterocycles. The predicted molar refractivity (Wildman–Crippen MR) is 89.3 cm³/mol. The van der Waals surface area contributed by atoms with Gasteiger partial charge in [-0.3, -0.25) is 0 Å². The summed E-state index contributed by atoms with van der Waals surface area (Å²) in [6.45, 7) is 10.7. The minimum Gasteiger partial charge on any atom is -0.458 e. The fraction of sp³-hybridized carbons (Fsp3) is 0.500. The second-order valence-electron chi connectivity index (χ2n) is 7.67. The van der Waals surface area contributed by atoms with Crippen molar-refractivity contribution in [1.82, 2.24) is 0 Å². The molecule has 2 bridgehead atoms. The van der Waals surface area contributed by atoms with Crippen LogP contribution in [0, 0.1) is 28.1 Å². The lowest BCUT2D eigenvalue weighted by Crippen LogP contribution is -2.38. The topological polar surface area (TPSA) is 50.1 Å². The van der Waals surface area contributed by atoms with Crippen LogP contribution in [-0.4, -0.2) is 12.1 Å². The second kappa shape index (κ2) is 5.23. The molecule has 1 aromatic carbocycles. The summed E-state index contributed by atoms with van der Waals surface area (Å²) in [7, 11) is 0. The molecule has 2 saturated carbocycles. The maximum Gasteiger partial charge on any atom is 0.338 e. The van der Waals surface area contributed by atoms with Gasteiger partial charge in [0.15, 0.2) is 0 Å². The summed E-state index contributed by atoms with van der Waals surface area (Å²) in [6, 6.07) is 8.94. The Morgan fingerprint density at radius 2 is 1.96 bits per heavy atom. The molecular formula is C20H23NO2. The van der Waals surface area contributed by atoms with E-state index in [-0.39, 0.29) is 22.9 Å². The summed E-state index contributed by atoms with van der Waals surface area (Å²) in [5, 5.41) is 8.84. The minimum atomic E-state index is -0.343. The average molecular weight is 309 g/mol. The zero-order chi connectivity index (χ0) is 16.8. The standard InChI is InChI=1S/C20H23NO2/c1-13(15-7-5-14(12-21)6-8-15)18(22)23-17-11-16-9-10-20(17,4)19(16,2)3/h5-8,16-17H,1,9-11H2,2-4H3. The fourth-order valence-corrected chi connectivity index (χ4v) is 4.37. The van der Waals surface area contributed by atoms with Crippen LogP contribution in [0.1, 0.15) is 51.2 Å². The first-order valence-electron chi connectivity index (χ1n) is 8.20. The molecule has 0 radical (unpaired) electrons. The maximum absolute atomic E-state index is 12.5. The van der Waals surface area contributed by atoms with Gasteiger partial charge in [-0.2, -0.15) is 5.26 Å². The SMILES string of the molecule is C=C(C(=O)OC1CC2CCC1(C)C2(C)C)c1ccc(C#N)cc1. The molecule has 3 unspecified atom stereocenters. The van der Waals surface area contributed by atoms with Crippen molar-refractivity contribution in [1.29, 1.82) is 5.26 Å². The molecule has 0 N–H and O–H groups in total. The molecule has 0 amide bonds. The Labute approximate surface area is 138 Å². The van der Waals surface area contributed by atoms with Crippen LogP contribution in [0.15, 0.2) is 30.8 Å². The number of benzene rings is 1. The summed E-state index contributed by atoms with van der Waals surface area (Å²) in [5.41, 5.74) is 1.91. The van der Waals surface area contributed by atoms with Gasteiger partial charge in [-0.15, -0.1) is 0 Å². The molecule has 3 heteroatoms. The molecule has 120 valence electrons. The monoisotopic (exact) mass is 309 g/mol. The van der Waals surface area contributed by atoms with Gasteiger partial charge >= 0.3 is 5.97 Å². The van der Waals surface area contributed by atoms with Gasteiger partial charge in [-0.25, -0.2) is 4.79 Å². The van der Waals surface area contributed by atoms with Crippen LogP contribution in [0.5, 0.6) is 0 Å². The molecule has 0 aliphatic heterocycles. The van der Waals surface area contributed by atoms with Crippen molar-refractivity contribution in [3.8, 4) is 6.07 Å². The van der Waals surface area contributed by atoms with E-state index in [2.05, 4.69) is 33.4 Å².